The normalized spacial score (nSPS) is 11.9. The molecule has 0 bridgehead atoms. The fraction of sp³-hybridized carbons (Fsp3) is 0.375. The van der Waals surface area contributed by atoms with Crippen molar-refractivity contribution in [1.29, 1.82) is 0 Å². The van der Waals surface area contributed by atoms with Gasteiger partial charge in [-0.25, -0.2) is 0 Å². The van der Waals surface area contributed by atoms with Crippen molar-refractivity contribution in [3.05, 3.63) is 40.9 Å². The maximum absolute atomic E-state index is 4.45. The predicted octanol–water partition coefficient (Wildman–Crippen LogP) is 5.72. The van der Waals surface area contributed by atoms with Crippen LogP contribution in [0.2, 0.25) is 0 Å². The minimum atomic E-state index is 0.334. The Kier molecular flexibility index (Phi) is 4.76. The third-order valence-electron chi connectivity index (χ3n) is 3.16. The highest BCUT2D eigenvalue weighted by atomic mass is 79.9. The highest BCUT2D eigenvalue weighted by molar-refractivity contribution is 9.10. The Morgan fingerprint density at radius 3 is 2.10 bits per heavy atom. The van der Waals surface area contributed by atoms with Gasteiger partial charge in [0.25, 0.3) is 0 Å². The number of fused-ring (bicyclic) bond motifs is 1. The van der Waals surface area contributed by atoms with Crippen molar-refractivity contribution >= 4 is 32.4 Å². The SMILES string of the molecule is CC(C)N(N=Nc1ccc(Br)c2ccccc12)C(C)C. The Morgan fingerprint density at radius 1 is 0.900 bits per heavy atom. The molecule has 0 atom stereocenters. The molecule has 2 aromatic carbocycles. The summed E-state index contributed by atoms with van der Waals surface area (Å²) in [5.41, 5.74) is 0.898. The van der Waals surface area contributed by atoms with Crippen LogP contribution in [-0.2, 0) is 0 Å². The molecule has 0 heterocycles. The lowest BCUT2D eigenvalue weighted by Gasteiger charge is -2.25. The zero-order valence-electron chi connectivity index (χ0n) is 12.3. The summed E-state index contributed by atoms with van der Waals surface area (Å²) in [6.07, 6.45) is 0. The molecule has 0 aliphatic rings. The first-order chi connectivity index (χ1) is 9.50. The van der Waals surface area contributed by atoms with Crippen LogP contribution in [0.1, 0.15) is 27.7 Å². The molecule has 2 rings (SSSR count). The van der Waals surface area contributed by atoms with Crippen molar-refractivity contribution in [3.8, 4) is 0 Å². The molecule has 0 amide bonds. The van der Waals surface area contributed by atoms with E-state index in [0.29, 0.717) is 12.1 Å². The third kappa shape index (κ3) is 3.18. The molecule has 0 fully saturated rings. The fourth-order valence-electron chi connectivity index (χ4n) is 2.24. The molecule has 0 saturated carbocycles. The first-order valence-corrected chi connectivity index (χ1v) is 7.67. The molecule has 20 heavy (non-hydrogen) atoms. The highest BCUT2D eigenvalue weighted by Crippen LogP contribution is 2.32. The average molecular weight is 334 g/mol. The van der Waals surface area contributed by atoms with E-state index < -0.39 is 0 Å². The molecular formula is C16H20BrN3. The van der Waals surface area contributed by atoms with E-state index in [1.807, 2.05) is 29.3 Å². The predicted molar refractivity (Wildman–Crippen MR) is 88.3 cm³/mol. The van der Waals surface area contributed by atoms with E-state index in [0.717, 1.165) is 20.9 Å². The van der Waals surface area contributed by atoms with Gasteiger partial charge in [-0.1, -0.05) is 45.4 Å². The first-order valence-electron chi connectivity index (χ1n) is 6.88. The topological polar surface area (TPSA) is 28.0 Å². The second-order valence-electron chi connectivity index (χ2n) is 5.37. The Bertz CT molecular complexity index is 612. The molecule has 0 radical (unpaired) electrons. The highest BCUT2D eigenvalue weighted by Gasteiger charge is 2.11. The molecule has 0 saturated heterocycles. The Morgan fingerprint density at radius 2 is 1.50 bits per heavy atom. The van der Waals surface area contributed by atoms with Gasteiger partial charge in [0.15, 0.2) is 0 Å². The van der Waals surface area contributed by atoms with Crippen LogP contribution in [0.5, 0.6) is 0 Å². The van der Waals surface area contributed by atoms with E-state index in [-0.39, 0.29) is 0 Å². The maximum Gasteiger partial charge on any atom is 0.0953 e. The summed E-state index contributed by atoms with van der Waals surface area (Å²) >= 11 is 3.57. The van der Waals surface area contributed by atoms with Crippen molar-refractivity contribution in [1.82, 2.24) is 5.01 Å². The van der Waals surface area contributed by atoms with Crippen LogP contribution in [0.3, 0.4) is 0 Å². The molecule has 0 spiro atoms. The lowest BCUT2D eigenvalue weighted by molar-refractivity contribution is 0.170. The Hall–Kier alpha value is -1.42. The van der Waals surface area contributed by atoms with Gasteiger partial charge in [-0.3, -0.25) is 5.01 Å². The fourth-order valence-corrected chi connectivity index (χ4v) is 2.71. The number of halogens is 1. The van der Waals surface area contributed by atoms with Crippen LogP contribution in [0.4, 0.5) is 5.69 Å². The van der Waals surface area contributed by atoms with Crippen LogP contribution in [0, 0.1) is 0 Å². The lowest BCUT2D eigenvalue weighted by Crippen LogP contribution is -2.31. The van der Waals surface area contributed by atoms with Crippen LogP contribution in [0.15, 0.2) is 51.2 Å². The minimum absolute atomic E-state index is 0.334. The second-order valence-corrected chi connectivity index (χ2v) is 6.22. The molecule has 2 aromatic rings. The monoisotopic (exact) mass is 333 g/mol. The zero-order chi connectivity index (χ0) is 14.7. The summed E-state index contributed by atoms with van der Waals surface area (Å²) in [4.78, 5) is 0. The molecule has 4 heteroatoms. The average Bonchev–Trinajstić information content (AvgIpc) is 2.41. The Balaban J connectivity index is 2.41. The van der Waals surface area contributed by atoms with Crippen molar-refractivity contribution in [2.45, 2.75) is 39.8 Å². The molecule has 0 aromatic heterocycles. The van der Waals surface area contributed by atoms with Gasteiger partial charge in [-0.15, -0.1) is 5.11 Å². The van der Waals surface area contributed by atoms with Gasteiger partial charge in [-0.2, -0.15) is 0 Å². The Labute approximate surface area is 128 Å². The van der Waals surface area contributed by atoms with Gasteiger partial charge < -0.3 is 0 Å². The van der Waals surface area contributed by atoms with Gasteiger partial charge in [0, 0.05) is 21.9 Å². The van der Waals surface area contributed by atoms with Crippen molar-refractivity contribution in [2.75, 3.05) is 0 Å². The van der Waals surface area contributed by atoms with E-state index >= 15 is 0 Å². The number of hydrogen-bond acceptors (Lipinski definition) is 2. The van der Waals surface area contributed by atoms with E-state index in [9.17, 15) is 0 Å². The molecular weight excluding hydrogens is 314 g/mol. The maximum atomic E-state index is 4.45. The summed E-state index contributed by atoms with van der Waals surface area (Å²) < 4.78 is 1.08. The van der Waals surface area contributed by atoms with Crippen LogP contribution in [-0.4, -0.2) is 17.1 Å². The lowest BCUT2D eigenvalue weighted by atomic mass is 10.1. The number of nitrogens with zero attached hydrogens (tertiary/aromatic N) is 3. The molecule has 106 valence electrons. The molecule has 3 nitrogen and oxygen atoms in total. The molecule has 0 N–H and O–H groups in total. The van der Waals surface area contributed by atoms with Crippen molar-refractivity contribution < 1.29 is 0 Å². The van der Waals surface area contributed by atoms with E-state index in [1.165, 1.54) is 0 Å². The summed E-state index contributed by atoms with van der Waals surface area (Å²) in [6, 6.07) is 12.9. The van der Waals surface area contributed by atoms with Gasteiger partial charge >= 0.3 is 0 Å². The van der Waals surface area contributed by atoms with E-state index in [2.05, 4.69) is 66.1 Å². The van der Waals surface area contributed by atoms with Gasteiger partial charge in [0.1, 0.15) is 0 Å². The van der Waals surface area contributed by atoms with E-state index in [4.69, 9.17) is 0 Å². The third-order valence-corrected chi connectivity index (χ3v) is 3.85. The van der Waals surface area contributed by atoms with E-state index in [1.54, 1.807) is 0 Å². The number of hydrogen-bond donors (Lipinski definition) is 0. The van der Waals surface area contributed by atoms with Gasteiger partial charge in [0.2, 0.25) is 0 Å². The van der Waals surface area contributed by atoms with Crippen molar-refractivity contribution in [2.24, 2.45) is 10.3 Å². The van der Waals surface area contributed by atoms with Crippen LogP contribution in [0.25, 0.3) is 10.8 Å². The van der Waals surface area contributed by atoms with Gasteiger partial charge in [0.05, 0.1) is 5.69 Å². The summed E-state index contributed by atoms with van der Waals surface area (Å²) in [5.74, 6) is 0. The zero-order valence-corrected chi connectivity index (χ0v) is 13.9. The summed E-state index contributed by atoms with van der Waals surface area (Å²) in [6.45, 7) is 8.49. The van der Waals surface area contributed by atoms with Crippen LogP contribution >= 0.6 is 15.9 Å². The first kappa shape index (κ1) is 15.0. The standard InChI is InChI=1S/C16H20BrN3/c1-11(2)20(12(3)4)19-18-16-10-9-15(17)13-7-5-6-8-14(13)16/h5-12H,1-4H3. The number of rotatable bonds is 4. The summed E-state index contributed by atoms with van der Waals surface area (Å²) in [5, 5.41) is 13.1. The molecule has 0 aliphatic carbocycles. The smallest absolute Gasteiger partial charge is 0.0953 e. The largest absolute Gasteiger partial charge is 0.273 e. The van der Waals surface area contributed by atoms with Gasteiger partial charge in [-0.05, 0) is 45.2 Å². The minimum Gasteiger partial charge on any atom is -0.273 e. The quantitative estimate of drug-likeness (QED) is 0.519. The van der Waals surface area contributed by atoms with Crippen molar-refractivity contribution in [3.63, 3.8) is 0 Å². The second kappa shape index (κ2) is 6.35. The molecule has 0 aliphatic heterocycles. The van der Waals surface area contributed by atoms with Crippen LogP contribution < -0.4 is 0 Å². The summed E-state index contributed by atoms with van der Waals surface area (Å²) in [7, 11) is 0. The number of benzene rings is 2. The molecule has 0 unspecified atom stereocenters.